The summed E-state index contributed by atoms with van der Waals surface area (Å²) in [6.45, 7) is 5.81. The lowest BCUT2D eigenvalue weighted by atomic mass is 9.95. The molecule has 1 amide bonds. The summed E-state index contributed by atoms with van der Waals surface area (Å²) in [5.41, 5.74) is 3.05. The van der Waals surface area contributed by atoms with Gasteiger partial charge in [-0.2, -0.15) is 14.6 Å². The molecule has 0 saturated carbocycles. The molecule has 3 heterocycles. The molecule has 1 N–H and O–H groups in total. The number of anilines is 2. The first-order valence-corrected chi connectivity index (χ1v) is 9.96. The number of carbonyl (C=O) groups is 1. The van der Waals surface area contributed by atoms with Crippen LogP contribution in [-0.4, -0.2) is 38.6 Å². The topological polar surface area (TPSA) is 75.4 Å². The molecule has 0 atom stereocenters. The van der Waals surface area contributed by atoms with E-state index in [1.165, 1.54) is 0 Å². The molecule has 1 saturated heterocycles. The maximum Gasteiger partial charge on any atom is 0.254 e. The average molecular weight is 378 g/mol. The minimum absolute atomic E-state index is 0.0277. The largest absolute Gasteiger partial charge is 0.356 e. The zero-order valence-corrected chi connectivity index (χ0v) is 16.4. The Hall–Kier alpha value is -2.96. The predicted molar refractivity (Wildman–Crippen MR) is 110 cm³/mol. The number of rotatable bonds is 5. The van der Waals surface area contributed by atoms with Crippen LogP contribution >= 0.6 is 0 Å². The second-order valence-corrected chi connectivity index (χ2v) is 7.45. The van der Waals surface area contributed by atoms with Gasteiger partial charge in [0, 0.05) is 36.5 Å². The van der Waals surface area contributed by atoms with E-state index in [4.69, 9.17) is 0 Å². The molecular weight excluding hydrogens is 352 g/mol. The molecule has 0 aliphatic carbocycles. The summed E-state index contributed by atoms with van der Waals surface area (Å²) in [5.74, 6) is 1.79. The van der Waals surface area contributed by atoms with Crippen molar-refractivity contribution in [3.8, 4) is 0 Å². The van der Waals surface area contributed by atoms with Gasteiger partial charge in [0.05, 0.1) is 0 Å². The van der Waals surface area contributed by atoms with Crippen LogP contribution in [0.2, 0.25) is 0 Å². The smallest absolute Gasteiger partial charge is 0.254 e. The van der Waals surface area contributed by atoms with Crippen molar-refractivity contribution in [1.29, 1.82) is 0 Å². The van der Waals surface area contributed by atoms with Crippen LogP contribution in [-0.2, 0) is 11.2 Å². The number of benzene rings is 1. The molecule has 28 heavy (non-hydrogen) atoms. The van der Waals surface area contributed by atoms with Crippen molar-refractivity contribution in [3.05, 3.63) is 47.9 Å². The van der Waals surface area contributed by atoms with Crippen LogP contribution in [0.1, 0.15) is 37.4 Å². The van der Waals surface area contributed by atoms with Crippen molar-refractivity contribution in [2.45, 2.75) is 39.5 Å². The average Bonchev–Trinajstić information content (AvgIpc) is 3.16. The molecule has 1 fully saturated rings. The highest BCUT2D eigenvalue weighted by Gasteiger charge is 2.26. The fraction of sp³-hybridized carbons (Fsp3) is 0.429. The number of amides is 1. The number of hydrogen-bond acceptors (Lipinski definition) is 5. The summed E-state index contributed by atoms with van der Waals surface area (Å²) in [7, 11) is 0. The molecule has 7 nitrogen and oxygen atoms in total. The Morgan fingerprint density at radius 2 is 2.07 bits per heavy atom. The van der Waals surface area contributed by atoms with Crippen molar-refractivity contribution >= 4 is 23.2 Å². The molecule has 0 radical (unpaired) electrons. The summed E-state index contributed by atoms with van der Waals surface area (Å²) < 4.78 is 1.80. The van der Waals surface area contributed by atoms with E-state index in [0.717, 1.165) is 61.5 Å². The zero-order valence-electron chi connectivity index (χ0n) is 16.4. The second kappa shape index (κ2) is 7.96. The molecule has 3 aromatic rings. The van der Waals surface area contributed by atoms with E-state index in [1.54, 1.807) is 10.8 Å². The Morgan fingerprint density at radius 3 is 2.82 bits per heavy atom. The van der Waals surface area contributed by atoms with Crippen LogP contribution in [0.25, 0.3) is 5.78 Å². The third-order valence-electron chi connectivity index (χ3n) is 5.27. The minimum atomic E-state index is 0.0277. The summed E-state index contributed by atoms with van der Waals surface area (Å²) in [4.78, 5) is 23.8. The van der Waals surface area contributed by atoms with Crippen LogP contribution in [0.5, 0.6) is 0 Å². The molecular formula is C21H26N6O. The first-order chi connectivity index (χ1) is 13.6. The monoisotopic (exact) mass is 378 g/mol. The maximum atomic E-state index is 12.7. The van der Waals surface area contributed by atoms with Gasteiger partial charge < -0.3 is 10.2 Å². The molecule has 0 unspecified atom stereocenters. The Balaban J connectivity index is 1.45. The van der Waals surface area contributed by atoms with Gasteiger partial charge in [0.1, 0.15) is 12.1 Å². The standard InChI is InChI=1S/C21H26N6O/c1-3-5-17-13-19(27-21(25-17)22-14-23-27)26-10-8-16(9-11-26)20(28)24-18-7-4-6-15(2)12-18/h4,6-7,12-14,16H,3,5,8-11H2,1-2H3,(H,24,28). The maximum absolute atomic E-state index is 12.7. The number of nitrogens with one attached hydrogen (secondary N) is 1. The van der Waals surface area contributed by atoms with Crippen LogP contribution < -0.4 is 10.2 Å². The molecule has 146 valence electrons. The van der Waals surface area contributed by atoms with Gasteiger partial charge in [-0.25, -0.2) is 4.98 Å². The lowest BCUT2D eigenvalue weighted by molar-refractivity contribution is -0.120. The summed E-state index contributed by atoms with van der Waals surface area (Å²) in [5, 5.41) is 7.40. The first-order valence-electron chi connectivity index (χ1n) is 9.96. The third kappa shape index (κ3) is 3.83. The molecule has 7 heteroatoms. The van der Waals surface area contributed by atoms with Gasteiger partial charge in [0.2, 0.25) is 5.91 Å². The van der Waals surface area contributed by atoms with Gasteiger partial charge >= 0.3 is 0 Å². The Kier molecular flexibility index (Phi) is 5.23. The molecule has 1 aliphatic rings. The Bertz CT molecular complexity index is 974. The van der Waals surface area contributed by atoms with Crippen LogP contribution in [0.15, 0.2) is 36.7 Å². The van der Waals surface area contributed by atoms with Gasteiger partial charge in [0.25, 0.3) is 5.78 Å². The fourth-order valence-electron chi connectivity index (χ4n) is 3.79. The Morgan fingerprint density at radius 1 is 1.25 bits per heavy atom. The fourth-order valence-corrected chi connectivity index (χ4v) is 3.79. The van der Waals surface area contributed by atoms with E-state index >= 15 is 0 Å². The molecule has 1 aliphatic heterocycles. The molecule has 1 aromatic carbocycles. The van der Waals surface area contributed by atoms with Crippen LogP contribution in [0.4, 0.5) is 11.5 Å². The highest BCUT2D eigenvalue weighted by atomic mass is 16.1. The highest BCUT2D eigenvalue weighted by Crippen LogP contribution is 2.25. The molecule has 0 spiro atoms. The quantitative estimate of drug-likeness (QED) is 0.738. The first kappa shape index (κ1) is 18.4. The van der Waals surface area contributed by atoms with Crippen molar-refractivity contribution in [3.63, 3.8) is 0 Å². The van der Waals surface area contributed by atoms with E-state index < -0.39 is 0 Å². The van der Waals surface area contributed by atoms with E-state index in [9.17, 15) is 4.79 Å². The zero-order chi connectivity index (χ0) is 19.5. The number of fused-ring (bicyclic) bond motifs is 1. The summed E-state index contributed by atoms with van der Waals surface area (Å²) in [6, 6.07) is 10.0. The molecule has 4 rings (SSSR count). The van der Waals surface area contributed by atoms with Crippen LogP contribution in [0.3, 0.4) is 0 Å². The normalized spacial score (nSPS) is 15.1. The van der Waals surface area contributed by atoms with Crippen molar-refractivity contribution < 1.29 is 4.79 Å². The number of piperidine rings is 1. The SMILES string of the molecule is CCCc1cc(N2CCC(C(=O)Nc3cccc(C)c3)CC2)n2ncnc2n1. The van der Waals surface area contributed by atoms with Gasteiger partial charge in [-0.05, 0) is 43.9 Å². The minimum Gasteiger partial charge on any atom is -0.356 e. The van der Waals surface area contributed by atoms with E-state index in [2.05, 4.69) is 38.3 Å². The van der Waals surface area contributed by atoms with Crippen molar-refractivity contribution in [1.82, 2.24) is 19.6 Å². The van der Waals surface area contributed by atoms with Crippen molar-refractivity contribution in [2.24, 2.45) is 5.92 Å². The number of hydrogen-bond donors (Lipinski definition) is 1. The third-order valence-corrected chi connectivity index (χ3v) is 5.27. The van der Waals surface area contributed by atoms with Gasteiger partial charge in [-0.15, -0.1) is 0 Å². The van der Waals surface area contributed by atoms with E-state index in [0.29, 0.717) is 5.78 Å². The number of nitrogens with zero attached hydrogens (tertiary/aromatic N) is 5. The lowest BCUT2D eigenvalue weighted by Crippen LogP contribution is -2.39. The van der Waals surface area contributed by atoms with E-state index in [1.807, 2.05) is 31.2 Å². The highest BCUT2D eigenvalue weighted by molar-refractivity contribution is 5.92. The van der Waals surface area contributed by atoms with Gasteiger partial charge in [-0.3, -0.25) is 4.79 Å². The number of carbonyl (C=O) groups excluding carboxylic acids is 1. The predicted octanol–water partition coefficient (Wildman–Crippen LogP) is 3.24. The van der Waals surface area contributed by atoms with Gasteiger partial charge in [-0.1, -0.05) is 25.5 Å². The van der Waals surface area contributed by atoms with E-state index in [-0.39, 0.29) is 11.8 Å². The molecule has 2 aromatic heterocycles. The van der Waals surface area contributed by atoms with Crippen molar-refractivity contribution in [2.75, 3.05) is 23.3 Å². The number of aryl methyl sites for hydroxylation is 2. The lowest BCUT2D eigenvalue weighted by Gasteiger charge is -2.33. The van der Waals surface area contributed by atoms with Crippen LogP contribution in [0, 0.1) is 12.8 Å². The second-order valence-electron chi connectivity index (χ2n) is 7.45. The van der Waals surface area contributed by atoms with Gasteiger partial charge in [0.15, 0.2) is 0 Å². The summed E-state index contributed by atoms with van der Waals surface area (Å²) in [6.07, 6.45) is 5.14. The summed E-state index contributed by atoms with van der Waals surface area (Å²) >= 11 is 0. The number of aromatic nitrogens is 4. The molecule has 0 bridgehead atoms. The Labute approximate surface area is 164 Å².